The number of amides is 2. The molecule has 0 bridgehead atoms. The van der Waals surface area contributed by atoms with Crippen LogP contribution in [0.15, 0.2) is 47.8 Å². The van der Waals surface area contributed by atoms with Gasteiger partial charge >= 0.3 is 6.18 Å². The number of carbonyl (C=O) groups excluding carboxylic acids is 2. The van der Waals surface area contributed by atoms with Crippen LogP contribution in [-0.2, 0) is 22.4 Å². The Bertz CT molecular complexity index is 947. The molecule has 7 nitrogen and oxygen atoms in total. The van der Waals surface area contributed by atoms with Gasteiger partial charge in [-0.3, -0.25) is 14.9 Å². The summed E-state index contributed by atoms with van der Waals surface area (Å²) in [4.78, 5) is 31.9. The number of hydrogen-bond acceptors (Lipinski definition) is 7. The molecule has 1 aliphatic rings. The molecule has 1 aliphatic heterocycles. The second-order valence-corrected chi connectivity index (χ2v) is 7.40. The summed E-state index contributed by atoms with van der Waals surface area (Å²) >= 11 is 0.866. The van der Waals surface area contributed by atoms with E-state index < -0.39 is 28.1 Å². The van der Waals surface area contributed by atoms with Crippen LogP contribution < -0.4 is 10.1 Å². The minimum absolute atomic E-state index is 0.0118. The first-order valence-electron chi connectivity index (χ1n) is 8.66. The summed E-state index contributed by atoms with van der Waals surface area (Å²) in [5, 5.41) is 5.10. The molecule has 1 atom stereocenters. The predicted octanol–water partition coefficient (Wildman–Crippen LogP) is 3.77. The number of oxime groups is 1. The Morgan fingerprint density at radius 2 is 1.93 bits per heavy atom. The number of alkyl halides is 3. The lowest BCUT2D eigenvalue weighted by molar-refractivity contribution is -0.137. The van der Waals surface area contributed by atoms with Crippen molar-refractivity contribution in [1.82, 2.24) is 10.3 Å². The number of nitrogens with one attached hydrogen (secondary N) is 1. The smallest absolute Gasteiger partial charge is 0.416 e. The van der Waals surface area contributed by atoms with Crippen LogP contribution in [0.3, 0.4) is 0 Å². The molecule has 1 aromatic carbocycles. The van der Waals surface area contributed by atoms with Crippen molar-refractivity contribution in [3.8, 4) is 5.88 Å². The van der Waals surface area contributed by atoms with Crippen LogP contribution in [0.5, 0.6) is 5.88 Å². The third-order valence-corrected chi connectivity index (χ3v) is 4.97. The topological polar surface area (TPSA) is 89.9 Å². The van der Waals surface area contributed by atoms with E-state index in [2.05, 4.69) is 15.5 Å². The molecule has 2 aromatic rings. The highest BCUT2D eigenvalue weighted by atomic mass is 32.2. The molecule has 1 aromatic heterocycles. The Kier molecular flexibility index (Phi) is 6.60. The number of benzene rings is 1. The number of hydrogen-bond donors (Lipinski definition) is 1. The fourth-order valence-corrected chi connectivity index (χ4v) is 3.11. The van der Waals surface area contributed by atoms with E-state index in [0.717, 1.165) is 23.9 Å². The molecule has 0 radical (unpaired) electrons. The maximum Gasteiger partial charge on any atom is 0.416 e. The number of thioether (sulfide) groups is 1. The summed E-state index contributed by atoms with van der Waals surface area (Å²) in [6, 6.07) is 7.91. The average Bonchev–Trinajstić information content (AvgIpc) is 3.03. The van der Waals surface area contributed by atoms with Gasteiger partial charge in [-0.25, -0.2) is 4.98 Å². The fraction of sp³-hybridized carbons (Fsp3) is 0.263. The second kappa shape index (κ2) is 9.16. The van der Waals surface area contributed by atoms with Gasteiger partial charge in [-0.1, -0.05) is 17.3 Å². The van der Waals surface area contributed by atoms with Crippen LogP contribution in [0.2, 0.25) is 0 Å². The van der Waals surface area contributed by atoms with Gasteiger partial charge in [0.1, 0.15) is 18.5 Å². The van der Waals surface area contributed by atoms with Crippen LogP contribution >= 0.6 is 11.8 Å². The molecule has 158 valence electrons. The standard InChI is InChI=1S/C19H16F3N3O4S/c1-11(25-29-9-12-2-5-14(6-3-12)19(20,21)22)13-4-7-16(23-8-13)28-10-15-17(26)24-18(27)30-15/h2-8,15H,9-10H2,1H3,(H,24,26,27). The van der Waals surface area contributed by atoms with Gasteiger partial charge in [-0.05, 0) is 42.4 Å². The molecule has 11 heteroatoms. The number of imide groups is 1. The molecule has 2 amide bonds. The summed E-state index contributed by atoms with van der Waals surface area (Å²) < 4.78 is 43.1. The highest BCUT2D eigenvalue weighted by molar-refractivity contribution is 8.15. The molecule has 1 N–H and O–H groups in total. The van der Waals surface area contributed by atoms with E-state index in [-0.39, 0.29) is 19.1 Å². The van der Waals surface area contributed by atoms with Crippen molar-refractivity contribution in [2.75, 3.05) is 6.61 Å². The lowest BCUT2D eigenvalue weighted by Gasteiger charge is -2.08. The summed E-state index contributed by atoms with van der Waals surface area (Å²) in [6.45, 7) is 1.72. The van der Waals surface area contributed by atoms with Crippen LogP contribution in [0.1, 0.15) is 23.6 Å². The molecule has 0 spiro atoms. The number of pyridine rings is 1. The minimum Gasteiger partial charge on any atom is -0.476 e. The van der Waals surface area contributed by atoms with Gasteiger partial charge in [-0.2, -0.15) is 13.2 Å². The lowest BCUT2D eigenvalue weighted by atomic mass is 10.1. The van der Waals surface area contributed by atoms with Crippen molar-refractivity contribution < 1.29 is 32.3 Å². The van der Waals surface area contributed by atoms with Gasteiger partial charge in [0.25, 0.3) is 5.24 Å². The van der Waals surface area contributed by atoms with Gasteiger partial charge in [0.2, 0.25) is 11.8 Å². The third kappa shape index (κ3) is 5.72. The summed E-state index contributed by atoms with van der Waals surface area (Å²) in [5.41, 5.74) is 0.988. The Balaban J connectivity index is 1.50. The number of halogens is 3. The molecular formula is C19H16F3N3O4S. The van der Waals surface area contributed by atoms with E-state index >= 15 is 0 Å². The zero-order valence-corrected chi connectivity index (χ0v) is 16.4. The number of aromatic nitrogens is 1. The summed E-state index contributed by atoms with van der Waals surface area (Å²) in [6.07, 6.45) is -2.88. The average molecular weight is 439 g/mol. The summed E-state index contributed by atoms with van der Waals surface area (Å²) in [5.74, 6) is -0.111. The number of carbonyl (C=O) groups is 2. The van der Waals surface area contributed by atoms with Crippen molar-refractivity contribution in [3.05, 3.63) is 59.3 Å². The predicted molar refractivity (Wildman–Crippen MR) is 103 cm³/mol. The second-order valence-electron chi connectivity index (χ2n) is 6.22. The zero-order chi connectivity index (χ0) is 21.7. The van der Waals surface area contributed by atoms with Crippen LogP contribution in [0.25, 0.3) is 0 Å². The maximum atomic E-state index is 12.6. The first-order chi connectivity index (χ1) is 14.2. The highest BCUT2D eigenvalue weighted by Gasteiger charge is 2.32. The number of ether oxygens (including phenoxy) is 1. The van der Waals surface area contributed by atoms with E-state index in [1.165, 1.54) is 18.3 Å². The van der Waals surface area contributed by atoms with Crippen molar-refractivity contribution in [2.45, 2.75) is 25.0 Å². The van der Waals surface area contributed by atoms with E-state index in [0.29, 0.717) is 16.8 Å². The number of rotatable bonds is 7. The molecule has 0 saturated carbocycles. The Labute approximate surface area is 173 Å². The molecule has 0 aliphatic carbocycles. The Morgan fingerprint density at radius 3 is 2.50 bits per heavy atom. The maximum absolute atomic E-state index is 12.6. The highest BCUT2D eigenvalue weighted by Crippen LogP contribution is 2.29. The monoisotopic (exact) mass is 439 g/mol. The largest absolute Gasteiger partial charge is 0.476 e. The molecule has 1 fully saturated rings. The summed E-state index contributed by atoms with van der Waals surface area (Å²) in [7, 11) is 0. The van der Waals surface area contributed by atoms with E-state index in [9.17, 15) is 22.8 Å². The SMILES string of the molecule is CC(=NOCc1ccc(C(F)(F)F)cc1)c1ccc(OCC2SC(=O)NC2=O)nc1. The van der Waals surface area contributed by atoms with Crippen molar-refractivity contribution in [2.24, 2.45) is 5.16 Å². The quantitative estimate of drug-likeness (QED) is 0.522. The van der Waals surface area contributed by atoms with E-state index in [1.807, 2.05) is 0 Å². The minimum atomic E-state index is -4.38. The molecule has 3 rings (SSSR count). The fourth-order valence-electron chi connectivity index (χ4n) is 2.39. The molecule has 30 heavy (non-hydrogen) atoms. The first kappa shape index (κ1) is 21.6. The molecular weight excluding hydrogens is 423 g/mol. The third-order valence-electron chi connectivity index (χ3n) is 4.02. The van der Waals surface area contributed by atoms with Crippen molar-refractivity contribution in [1.29, 1.82) is 0 Å². The lowest BCUT2D eigenvalue weighted by Crippen LogP contribution is -2.28. The van der Waals surface area contributed by atoms with Crippen LogP contribution in [-0.4, -0.2) is 33.7 Å². The molecule has 1 saturated heterocycles. The van der Waals surface area contributed by atoms with Gasteiger partial charge in [0.05, 0.1) is 11.3 Å². The van der Waals surface area contributed by atoms with Crippen LogP contribution in [0, 0.1) is 0 Å². The van der Waals surface area contributed by atoms with Crippen molar-refractivity contribution in [3.63, 3.8) is 0 Å². The zero-order valence-electron chi connectivity index (χ0n) is 15.6. The van der Waals surface area contributed by atoms with E-state index in [1.54, 1.807) is 19.1 Å². The van der Waals surface area contributed by atoms with Crippen molar-refractivity contribution >= 4 is 28.6 Å². The van der Waals surface area contributed by atoms with Crippen LogP contribution in [0.4, 0.5) is 18.0 Å². The first-order valence-corrected chi connectivity index (χ1v) is 9.54. The molecule has 2 heterocycles. The van der Waals surface area contributed by atoms with Gasteiger partial charge in [0, 0.05) is 17.8 Å². The van der Waals surface area contributed by atoms with Gasteiger partial charge in [-0.15, -0.1) is 0 Å². The Hall–Kier alpha value is -3.08. The molecule has 1 unspecified atom stereocenters. The number of nitrogens with zero attached hydrogens (tertiary/aromatic N) is 2. The normalized spacial score (nSPS) is 17.1. The van der Waals surface area contributed by atoms with Gasteiger partial charge in [0.15, 0.2) is 0 Å². The Morgan fingerprint density at radius 1 is 1.20 bits per heavy atom. The van der Waals surface area contributed by atoms with Gasteiger partial charge < -0.3 is 9.57 Å². The van der Waals surface area contributed by atoms with E-state index in [4.69, 9.17) is 9.57 Å².